The summed E-state index contributed by atoms with van der Waals surface area (Å²) >= 11 is 0. The van der Waals surface area contributed by atoms with E-state index in [4.69, 9.17) is 5.26 Å². The average Bonchev–Trinajstić information content (AvgIpc) is 2.38. The summed E-state index contributed by atoms with van der Waals surface area (Å²) in [6.45, 7) is 0. The van der Waals surface area contributed by atoms with Gasteiger partial charge in [0, 0.05) is 0 Å². The third-order valence-electron chi connectivity index (χ3n) is 2.32. The quantitative estimate of drug-likeness (QED) is 0.541. The first-order chi connectivity index (χ1) is 7.90. The highest BCUT2D eigenvalue weighted by Gasteiger charge is 1.98. The molecule has 0 spiro atoms. The molecule has 0 saturated carbocycles. The minimum atomic E-state index is 0.687. The van der Waals surface area contributed by atoms with Gasteiger partial charge in [-0.25, -0.2) is 0 Å². The maximum Gasteiger partial charge on any atom is 0.0998 e. The molecule has 0 heterocycles. The maximum absolute atomic E-state index is 9.12. The highest BCUT2D eigenvalue weighted by molar-refractivity contribution is 5.89. The molecular weight excluding hydrogens is 194 g/mol. The molecule has 0 N–H and O–H groups in total. The van der Waals surface area contributed by atoms with E-state index < -0.39 is 0 Å². The van der Waals surface area contributed by atoms with Gasteiger partial charge in [0.15, 0.2) is 0 Å². The van der Waals surface area contributed by atoms with Crippen LogP contribution >= 0.6 is 0 Å². The first-order valence-corrected chi connectivity index (χ1v) is 5.12. The molecule has 2 rings (SSSR count). The van der Waals surface area contributed by atoms with Crippen molar-refractivity contribution in [2.75, 3.05) is 0 Å². The number of hydrogen-bond donors (Lipinski definition) is 0. The molecular formula is C15H11N. The average molecular weight is 205 g/mol. The highest BCUT2D eigenvalue weighted by atomic mass is 14.2. The molecule has 0 atom stereocenters. The third-order valence-corrected chi connectivity index (χ3v) is 2.32. The summed E-state index contributed by atoms with van der Waals surface area (Å²) in [5.41, 5.74) is 2.68. The second kappa shape index (κ2) is 4.95. The van der Waals surface area contributed by atoms with Crippen molar-refractivity contribution in [1.82, 2.24) is 0 Å². The number of nitrogens with zero attached hydrogens (tertiary/aromatic N) is 1. The number of allylic oxidation sites excluding steroid dienone is 1. The molecule has 0 aliphatic heterocycles. The van der Waals surface area contributed by atoms with Gasteiger partial charge in [-0.2, -0.15) is 5.26 Å². The molecule has 0 aliphatic carbocycles. The summed E-state index contributed by atoms with van der Waals surface area (Å²) in [4.78, 5) is 0. The molecule has 1 nitrogen and oxygen atoms in total. The van der Waals surface area contributed by atoms with Gasteiger partial charge >= 0.3 is 0 Å². The van der Waals surface area contributed by atoms with Gasteiger partial charge in [0.2, 0.25) is 0 Å². The van der Waals surface area contributed by atoms with Crippen LogP contribution in [-0.2, 0) is 0 Å². The SMILES string of the molecule is N#C/C(=C/c1ccccc1)c1ccccc1. The zero-order chi connectivity index (χ0) is 11.2. The third kappa shape index (κ3) is 2.37. The fourth-order valence-corrected chi connectivity index (χ4v) is 1.51. The van der Waals surface area contributed by atoms with Crippen LogP contribution < -0.4 is 0 Å². The Labute approximate surface area is 95.3 Å². The maximum atomic E-state index is 9.12. The van der Waals surface area contributed by atoms with Crippen LogP contribution in [0.1, 0.15) is 11.1 Å². The number of rotatable bonds is 2. The van der Waals surface area contributed by atoms with Gasteiger partial charge < -0.3 is 0 Å². The molecule has 16 heavy (non-hydrogen) atoms. The molecule has 0 amide bonds. The molecule has 2 aromatic carbocycles. The fourth-order valence-electron chi connectivity index (χ4n) is 1.51. The number of nitriles is 1. The second-order valence-corrected chi connectivity index (χ2v) is 3.45. The van der Waals surface area contributed by atoms with Gasteiger partial charge in [-0.15, -0.1) is 0 Å². The van der Waals surface area contributed by atoms with E-state index in [2.05, 4.69) is 6.07 Å². The zero-order valence-corrected chi connectivity index (χ0v) is 8.80. The van der Waals surface area contributed by atoms with Crippen LogP contribution in [0.4, 0.5) is 0 Å². The van der Waals surface area contributed by atoms with E-state index in [-0.39, 0.29) is 0 Å². The van der Waals surface area contributed by atoms with Crippen LogP contribution in [0, 0.1) is 11.3 Å². The fraction of sp³-hybridized carbons (Fsp3) is 0. The van der Waals surface area contributed by atoms with Crippen LogP contribution in [0.5, 0.6) is 0 Å². The summed E-state index contributed by atoms with van der Waals surface area (Å²) in [5, 5.41) is 9.12. The monoisotopic (exact) mass is 205 g/mol. The summed E-state index contributed by atoms with van der Waals surface area (Å²) in [7, 11) is 0. The Morgan fingerprint density at radius 2 is 1.44 bits per heavy atom. The Kier molecular flexibility index (Phi) is 3.15. The lowest BCUT2D eigenvalue weighted by atomic mass is 10.0. The largest absolute Gasteiger partial charge is 0.192 e. The summed E-state index contributed by atoms with van der Waals surface area (Å²) < 4.78 is 0. The van der Waals surface area contributed by atoms with E-state index in [9.17, 15) is 0 Å². The van der Waals surface area contributed by atoms with Crippen molar-refractivity contribution in [3.05, 3.63) is 71.8 Å². The molecule has 0 aromatic heterocycles. The van der Waals surface area contributed by atoms with Crippen molar-refractivity contribution in [3.8, 4) is 6.07 Å². The van der Waals surface area contributed by atoms with Crippen LogP contribution in [0.25, 0.3) is 11.6 Å². The molecule has 0 unspecified atom stereocenters. The Bertz CT molecular complexity index is 518. The lowest BCUT2D eigenvalue weighted by Gasteiger charge is -1.98. The topological polar surface area (TPSA) is 23.8 Å². The predicted octanol–water partition coefficient (Wildman–Crippen LogP) is 3.75. The van der Waals surface area contributed by atoms with Crippen molar-refractivity contribution in [1.29, 1.82) is 5.26 Å². The van der Waals surface area contributed by atoms with E-state index in [0.717, 1.165) is 11.1 Å². The molecule has 0 radical (unpaired) electrons. The Hall–Kier alpha value is -2.33. The van der Waals surface area contributed by atoms with Gasteiger partial charge in [-0.3, -0.25) is 0 Å². The highest BCUT2D eigenvalue weighted by Crippen LogP contribution is 2.16. The molecule has 2 aromatic rings. The van der Waals surface area contributed by atoms with Crippen molar-refractivity contribution in [2.24, 2.45) is 0 Å². The minimum absolute atomic E-state index is 0.687. The smallest absolute Gasteiger partial charge is 0.0998 e. The normalized spacial score (nSPS) is 10.8. The van der Waals surface area contributed by atoms with Gasteiger partial charge in [0.25, 0.3) is 0 Å². The van der Waals surface area contributed by atoms with Gasteiger partial charge in [0.05, 0.1) is 11.6 Å². The first kappa shape index (κ1) is 10.2. The Morgan fingerprint density at radius 1 is 0.875 bits per heavy atom. The lowest BCUT2D eigenvalue weighted by Crippen LogP contribution is -1.80. The van der Waals surface area contributed by atoms with E-state index in [0.29, 0.717) is 5.57 Å². The van der Waals surface area contributed by atoms with Crippen LogP contribution in [0.3, 0.4) is 0 Å². The molecule has 0 bridgehead atoms. The number of benzene rings is 2. The van der Waals surface area contributed by atoms with Crippen molar-refractivity contribution < 1.29 is 0 Å². The van der Waals surface area contributed by atoms with Crippen molar-refractivity contribution in [3.63, 3.8) is 0 Å². The van der Waals surface area contributed by atoms with Crippen molar-refractivity contribution in [2.45, 2.75) is 0 Å². The lowest BCUT2D eigenvalue weighted by molar-refractivity contribution is 1.52. The second-order valence-electron chi connectivity index (χ2n) is 3.45. The Morgan fingerprint density at radius 3 is 2.00 bits per heavy atom. The standard InChI is InChI=1S/C15H11N/c16-12-15(14-9-5-2-6-10-14)11-13-7-3-1-4-8-13/h1-11H/b15-11-. The van der Waals surface area contributed by atoms with E-state index in [1.807, 2.05) is 66.7 Å². The molecule has 1 heteroatoms. The first-order valence-electron chi connectivity index (χ1n) is 5.12. The number of hydrogen-bond acceptors (Lipinski definition) is 1. The Balaban J connectivity index is 2.39. The van der Waals surface area contributed by atoms with Crippen LogP contribution in [0.2, 0.25) is 0 Å². The molecule has 0 aliphatic rings. The van der Waals surface area contributed by atoms with Crippen LogP contribution in [0.15, 0.2) is 60.7 Å². The minimum Gasteiger partial charge on any atom is -0.192 e. The van der Waals surface area contributed by atoms with Gasteiger partial charge in [-0.1, -0.05) is 60.7 Å². The van der Waals surface area contributed by atoms with E-state index >= 15 is 0 Å². The van der Waals surface area contributed by atoms with Crippen LogP contribution in [-0.4, -0.2) is 0 Å². The van der Waals surface area contributed by atoms with Gasteiger partial charge in [0.1, 0.15) is 0 Å². The zero-order valence-electron chi connectivity index (χ0n) is 8.80. The van der Waals surface area contributed by atoms with E-state index in [1.165, 1.54) is 0 Å². The van der Waals surface area contributed by atoms with Gasteiger partial charge in [-0.05, 0) is 17.2 Å². The summed E-state index contributed by atoms with van der Waals surface area (Å²) in [6, 6.07) is 21.8. The molecule has 0 fully saturated rings. The molecule has 0 saturated heterocycles. The predicted molar refractivity (Wildman–Crippen MR) is 66.4 cm³/mol. The summed E-state index contributed by atoms with van der Waals surface area (Å²) in [5.74, 6) is 0. The van der Waals surface area contributed by atoms with Crippen molar-refractivity contribution >= 4 is 11.6 Å². The van der Waals surface area contributed by atoms with E-state index in [1.54, 1.807) is 0 Å². The molecule has 76 valence electrons. The summed E-state index contributed by atoms with van der Waals surface area (Å²) in [6.07, 6.45) is 1.90.